The molecule has 1 atom stereocenters. The number of benzene rings is 1. The summed E-state index contributed by atoms with van der Waals surface area (Å²) in [6.45, 7) is 5.94. The van der Waals surface area contributed by atoms with Gasteiger partial charge in [-0.15, -0.1) is 0 Å². The highest BCUT2D eigenvalue weighted by Crippen LogP contribution is 2.32. The van der Waals surface area contributed by atoms with Gasteiger partial charge in [-0.25, -0.2) is 4.79 Å². The number of hydrogen-bond donors (Lipinski definition) is 2. The highest BCUT2D eigenvalue weighted by molar-refractivity contribution is 5.89. The molecule has 0 spiro atoms. The second-order valence-corrected chi connectivity index (χ2v) is 7.18. The molecule has 0 radical (unpaired) electrons. The Morgan fingerprint density at radius 1 is 1.26 bits per heavy atom. The molecule has 1 saturated carbocycles. The molecule has 1 aliphatic carbocycles. The highest BCUT2D eigenvalue weighted by Gasteiger charge is 2.29. The molecule has 1 fully saturated rings. The maximum atomic E-state index is 11.9. The number of rotatable bonds is 6. The van der Waals surface area contributed by atoms with Crippen LogP contribution in [-0.2, 0) is 16.1 Å². The van der Waals surface area contributed by atoms with Crippen molar-refractivity contribution < 1.29 is 14.3 Å². The van der Waals surface area contributed by atoms with Gasteiger partial charge in [0.15, 0.2) is 0 Å². The van der Waals surface area contributed by atoms with Gasteiger partial charge in [0.2, 0.25) is 5.91 Å². The van der Waals surface area contributed by atoms with Crippen molar-refractivity contribution in [2.24, 2.45) is 11.7 Å². The Kier molecular flexibility index (Phi) is 5.42. The zero-order chi connectivity index (χ0) is 17.0. The first-order valence-electron chi connectivity index (χ1n) is 8.09. The molecule has 3 N–H and O–H groups in total. The third kappa shape index (κ3) is 6.02. The van der Waals surface area contributed by atoms with E-state index in [1.807, 2.05) is 32.9 Å². The van der Waals surface area contributed by atoms with Gasteiger partial charge in [0, 0.05) is 19.0 Å². The van der Waals surface area contributed by atoms with Crippen molar-refractivity contribution in [1.82, 2.24) is 5.32 Å². The molecule has 0 aromatic heterocycles. The van der Waals surface area contributed by atoms with Crippen LogP contribution < -0.4 is 11.1 Å². The zero-order valence-electron chi connectivity index (χ0n) is 14.1. The van der Waals surface area contributed by atoms with Gasteiger partial charge in [0.05, 0.1) is 5.56 Å². The summed E-state index contributed by atoms with van der Waals surface area (Å²) in [7, 11) is 0. The summed E-state index contributed by atoms with van der Waals surface area (Å²) < 4.78 is 5.31. The largest absolute Gasteiger partial charge is 0.456 e. The van der Waals surface area contributed by atoms with Crippen LogP contribution >= 0.6 is 0 Å². The lowest BCUT2D eigenvalue weighted by Crippen LogP contribution is -2.32. The number of nitrogens with two attached hydrogens (primary N) is 1. The van der Waals surface area contributed by atoms with Crippen molar-refractivity contribution >= 4 is 11.9 Å². The van der Waals surface area contributed by atoms with Gasteiger partial charge in [-0.3, -0.25) is 4.79 Å². The summed E-state index contributed by atoms with van der Waals surface area (Å²) in [6, 6.07) is 7.04. The fraction of sp³-hybridized carbons (Fsp3) is 0.556. The molecule has 1 unspecified atom stereocenters. The van der Waals surface area contributed by atoms with Crippen molar-refractivity contribution in [1.29, 1.82) is 0 Å². The smallest absolute Gasteiger partial charge is 0.338 e. The minimum atomic E-state index is -0.510. The summed E-state index contributed by atoms with van der Waals surface area (Å²) in [4.78, 5) is 23.7. The summed E-state index contributed by atoms with van der Waals surface area (Å²) in [5, 5.41) is 2.86. The van der Waals surface area contributed by atoms with Gasteiger partial charge < -0.3 is 15.8 Å². The normalized spacial score (nSPS) is 15.8. The fourth-order valence-corrected chi connectivity index (χ4v) is 2.27. The van der Waals surface area contributed by atoms with E-state index in [9.17, 15) is 9.59 Å². The molecule has 1 aromatic carbocycles. The van der Waals surface area contributed by atoms with E-state index in [1.165, 1.54) is 0 Å². The second-order valence-electron chi connectivity index (χ2n) is 7.18. The van der Waals surface area contributed by atoms with Crippen molar-refractivity contribution in [3.05, 3.63) is 35.4 Å². The highest BCUT2D eigenvalue weighted by atomic mass is 16.6. The van der Waals surface area contributed by atoms with Crippen LogP contribution in [0.4, 0.5) is 0 Å². The monoisotopic (exact) mass is 318 g/mol. The van der Waals surface area contributed by atoms with Crippen LogP contribution in [0.3, 0.4) is 0 Å². The number of nitrogens with one attached hydrogen (secondary N) is 1. The molecule has 1 amide bonds. The Balaban J connectivity index is 1.80. The molecule has 2 rings (SSSR count). The predicted molar refractivity (Wildman–Crippen MR) is 88.8 cm³/mol. The van der Waals surface area contributed by atoms with E-state index in [1.54, 1.807) is 12.1 Å². The van der Waals surface area contributed by atoms with Crippen LogP contribution in [0.1, 0.15) is 56.0 Å². The van der Waals surface area contributed by atoms with E-state index in [2.05, 4.69) is 5.32 Å². The molecule has 0 heterocycles. The molecule has 0 aliphatic heterocycles. The number of amides is 1. The zero-order valence-corrected chi connectivity index (χ0v) is 14.1. The van der Waals surface area contributed by atoms with E-state index in [0.29, 0.717) is 24.4 Å². The standard InChI is InChI=1S/C18H26N2O3/c1-18(2,3)23-17(22)14-6-4-12(5-7-14)11-20-16(21)10-15(19)13-8-9-13/h4-7,13,15H,8-11,19H2,1-3H3,(H,20,21). The Bertz CT molecular complexity index is 557. The van der Waals surface area contributed by atoms with Gasteiger partial charge in [0.1, 0.15) is 5.60 Å². The van der Waals surface area contributed by atoms with Gasteiger partial charge in [-0.05, 0) is 57.2 Å². The maximum absolute atomic E-state index is 11.9. The van der Waals surface area contributed by atoms with Crippen LogP contribution in [0.2, 0.25) is 0 Å². The third-order valence-electron chi connectivity index (χ3n) is 3.73. The lowest BCUT2D eigenvalue weighted by atomic mass is 10.1. The Morgan fingerprint density at radius 3 is 2.39 bits per heavy atom. The van der Waals surface area contributed by atoms with E-state index in [4.69, 9.17) is 10.5 Å². The van der Waals surface area contributed by atoms with Gasteiger partial charge in [-0.1, -0.05) is 12.1 Å². The van der Waals surface area contributed by atoms with Crippen molar-refractivity contribution in [2.45, 2.75) is 58.2 Å². The number of carbonyl (C=O) groups is 2. The van der Waals surface area contributed by atoms with Crippen molar-refractivity contribution in [2.75, 3.05) is 0 Å². The first kappa shape index (κ1) is 17.5. The quantitative estimate of drug-likeness (QED) is 0.789. The van der Waals surface area contributed by atoms with Crippen molar-refractivity contribution in [3.63, 3.8) is 0 Å². The van der Waals surface area contributed by atoms with Crippen molar-refractivity contribution in [3.8, 4) is 0 Å². The number of esters is 1. The molecule has 1 aliphatic rings. The van der Waals surface area contributed by atoms with Crippen LogP contribution in [0.5, 0.6) is 0 Å². The fourth-order valence-electron chi connectivity index (χ4n) is 2.27. The molecule has 5 heteroatoms. The third-order valence-corrected chi connectivity index (χ3v) is 3.73. The number of ether oxygens (including phenoxy) is 1. The van der Waals surface area contributed by atoms with Crippen LogP contribution in [-0.4, -0.2) is 23.5 Å². The molecule has 5 nitrogen and oxygen atoms in total. The Hall–Kier alpha value is -1.88. The lowest BCUT2D eigenvalue weighted by Gasteiger charge is -2.19. The molecule has 0 saturated heterocycles. The van der Waals surface area contributed by atoms with Crippen LogP contribution in [0.15, 0.2) is 24.3 Å². The van der Waals surface area contributed by atoms with E-state index < -0.39 is 5.60 Å². The lowest BCUT2D eigenvalue weighted by molar-refractivity contribution is -0.121. The van der Waals surface area contributed by atoms with Crippen LogP contribution in [0, 0.1) is 5.92 Å². The first-order chi connectivity index (χ1) is 10.7. The summed E-state index contributed by atoms with van der Waals surface area (Å²) >= 11 is 0. The molecular formula is C18H26N2O3. The average molecular weight is 318 g/mol. The average Bonchev–Trinajstić information content (AvgIpc) is 3.28. The van der Waals surface area contributed by atoms with E-state index in [-0.39, 0.29) is 17.9 Å². The number of hydrogen-bond acceptors (Lipinski definition) is 4. The predicted octanol–water partition coefficient (Wildman–Crippen LogP) is 2.39. The number of carbonyl (C=O) groups excluding carboxylic acids is 2. The van der Waals surface area contributed by atoms with Gasteiger partial charge in [0.25, 0.3) is 0 Å². The minimum Gasteiger partial charge on any atom is -0.456 e. The summed E-state index contributed by atoms with van der Waals surface area (Å²) in [6.07, 6.45) is 2.65. The SMILES string of the molecule is CC(C)(C)OC(=O)c1ccc(CNC(=O)CC(N)C2CC2)cc1. The topological polar surface area (TPSA) is 81.4 Å². The van der Waals surface area contributed by atoms with E-state index in [0.717, 1.165) is 18.4 Å². The summed E-state index contributed by atoms with van der Waals surface area (Å²) in [5.74, 6) is 0.151. The minimum absolute atomic E-state index is 0.0236. The first-order valence-corrected chi connectivity index (χ1v) is 8.09. The van der Waals surface area contributed by atoms with Gasteiger partial charge >= 0.3 is 5.97 Å². The molecule has 1 aromatic rings. The van der Waals surface area contributed by atoms with E-state index >= 15 is 0 Å². The molecular weight excluding hydrogens is 292 g/mol. The Labute approximate surface area is 137 Å². The van der Waals surface area contributed by atoms with Gasteiger partial charge in [-0.2, -0.15) is 0 Å². The molecule has 23 heavy (non-hydrogen) atoms. The maximum Gasteiger partial charge on any atom is 0.338 e. The molecule has 126 valence electrons. The molecule has 0 bridgehead atoms. The van der Waals surface area contributed by atoms with Crippen LogP contribution in [0.25, 0.3) is 0 Å². The Morgan fingerprint density at radius 2 is 1.87 bits per heavy atom. The second kappa shape index (κ2) is 7.13. The summed E-state index contributed by atoms with van der Waals surface area (Å²) in [5.41, 5.74) is 6.87.